The number of unbranched alkanes of at least 4 members (excludes halogenated alkanes) is 1. The smallest absolute Gasteiger partial charge is 0.408 e. The molecular weight excluding hydrogens is 394 g/mol. The maximum absolute atomic E-state index is 12.5. The fourth-order valence-electron chi connectivity index (χ4n) is 3.30. The molecule has 1 aromatic heterocycles. The predicted molar refractivity (Wildman–Crippen MR) is 115 cm³/mol. The van der Waals surface area contributed by atoms with E-state index in [-0.39, 0.29) is 13.2 Å². The molecule has 3 aromatic rings. The minimum Gasteiger partial charge on any atom is -0.548 e. The van der Waals surface area contributed by atoms with E-state index in [0.29, 0.717) is 17.9 Å². The van der Waals surface area contributed by atoms with E-state index < -0.39 is 18.1 Å². The van der Waals surface area contributed by atoms with E-state index in [1.165, 1.54) is 4.57 Å². The maximum atomic E-state index is 12.5. The summed E-state index contributed by atoms with van der Waals surface area (Å²) in [6, 6.07) is 18.4. The lowest BCUT2D eigenvalue weighted by atomic mass is 10.1. The van der Waals surface area contributed by atoms with E-state index in [1.807, 2.05) is 67.6 Å². The van der Waals surface area contributed by atoms with Crippen molar-refractivity contribution in [3.8, 4) is 11.3 Å². The minimum absolute atomic E-state index is 0.149. The first-order valence-corrected chi connectivity index (χ1v) is 10.4. The van der Waals surface area contributed by atoms with Crippen molar-refractivity contribution >= 4 is 12.1 Å². The van der Waals surface area contributed by atoms with Crippen LogP contribution < -0.4 is 10.4 Å². The number of rotatable bonds is 10. The summed E-state index contributed by atoms with van der Waals surface area (Å²) in [4.78, 5) is 28.4. The molecule has 0 bridgehead atoms. The van der Waals surface area contributed by atoms with Gasteiger partial charge in [-0.1, -0.05) is 80.4 Å². The van der Waals surface area contributed by atoms with Gasteiger partial charge >= 0.3 is 6.09 Å². The van der Waals surface area contributed by atoms with E-state index in [4.69, 9.17) is 4.74 Å². The molecule has 0 aliphatic carbocycles. The zero-order valence-corrected chi connectivity index (χ0v) is 17.5. The third-order valence-electron chi connectivity index (χ3n) is 4.84. The zero-order chi connectivity index (χ0) is 22.1. The van der Waals surface area contributed by atoms with Crippen LogP contribution in [0.15, 0.2) is 66.9 Å². The molecule has 1 amide bonds. The molecule has 1 atom stereocenters. The van der Waals surface area contributed by atoms with E-state index in [9.17, 15) is 14.7 Å². The van der Waals surface area contributed by atoms with Crippen molar-refractivity contribution in [2.24, 2.45) is 0 Å². The molecule has 0 radical (unpaired) electrons. The molecule has 3 rings (SSSR count). The highest BCUT2D eigenvalue weighted by molar-refractivity contribution is 5.68. The second-order valence-corrected chi connectivity index (χ2v) is 7.25. The number of amides is 1. The molecule has 7 nitrogen and oxygen atoms in total. The number of aliphatic carboxylic acids is 1. The summed E-state index contributed by atoms with van der Waals surface area (Å²) in [6.07, 6.45) is 3.46. The second-order valence-electron chi connectivity index (χ2n) is 7.25. The zero-order valence-electron chi connectivity index (χ0n) is 17.5. The van der Waals surface area contributed by atoms with Crippen LogP contribution in [0, 0.1) is 0 Å². The van der Waals surface area contributed by atoms with Crippen molar-refractivity contribution in [3.05, 3.63) is 78.2 Å². The standard InChI is InChI=1S/C24H27N3O4/c1-2-3-14-20(26-24(30)31-17-18-10-6-4-7-11-18)23-25-21(15-27(23)16-22(28)29)19-12-8-5-9-13-19/h4-13,15,20H,2-3,14,16-17H2,1H3,(H,26,30)(H,28,29)/p-1. The Morgan fingerprint density at radius 1 is 1.10 bits per heavy atom. The largest absolute Gasteiger partial charge is 0.548 e. The molecule has 31 heavy (non-hydrogen) atoms. The number of carboxylic acids is 1. The Hall–Kier alpha value is -3.61. The number of nitrogens with zero attached hydrogens (tertiary/aromatic N) is 2. The Labute approximate surface area is 181 Å². The number of carboxylic acid groups (broad SMARTS) is 1. The fraction of sp³-hybridized carbons (Fsp3) is 0.292. The van der Waals surface area contributed by atoms with E-state index in [1.54, 1.807) is 6.20 Å². The Balaban J connectivity index is 1.81. The SMILES string of the molecule is CCCCC(NC(=O)OCc1ccccc1)c1nc(-c2ccccc2)cn1CC(=O)[O-]. The van der Waals surface area contributed by atoms with Crippen molar-refractivity contribution in [2.75, 3.05) is 0 Å². The Morgan fingerprint density at radius 3 is 2.42 bits per heavy atom. The summed E-state index contributed by atoms with van der Waals surface area (Å²) in [5.74, 6) is -0.757. The number of carbonyl (C=O) groups is 2. The number of hydrogen-bond donors (Lipinski definition) is 1. The molecule has 2 aromatic carbocycles. The number of imidazole rings is 1. The summed E-state index contributed by atoms with van der Waals surface area (Å²) in [5, 5.41) is 14.2. The first-order valence-electron chi connectivity index (χ1n) is 10.4. The number of carbonyl (C=O) groups excluding carboxylic acids is 2. The van der Waals surface area contributed by atoms with Crippen LogP contribution in [0.25, 0.3) is 11.3 Å². The van der Waals surface area contributed by atoms with Gasteiger partial charge in [0.15, 0.2) is 0 Å². The molecule has 0 fully saturated rings. The minimum atomic E-state index is -1.22. The first-order chi connectivity index (χ1) is 15.1. The normalized spacial score (nSPS) is 11.6. The average Bonchev–Trinajstić information content (AvgIpc) is 3.19. The summed E-state index contributed by atoms with van der Waals surface area (Å²) in [6.45, 7) is 1.85. The quantitative estimate of drug-likeness (QED) is 0.542. The monoisotopic (exact) mass is 420 g/mol. The highest BCUT2D eigenvalue weighted by atomic mass is 16.5. The lowest BCUT2D eigenvalue weighted by Crippen LogP contribution is -2.33. The van der Waals surface area contributed by atoms with Crippen LogP contribution in [-0.4, -0.2) is 21.6 Å². The molecule has 0 aliphatic heterocycles. The van der Waals surface area contributed by atoms with Crippen LogP contribution >= 0.6 is 0 Å². The van der Waals surface area contributed by atoms with Gasteiger partial charge in [-0.3, -0.25) is 0 Å². The molecule has 1 N–H and O–H groups in total. The molecule has 7 heteroatoms. The van der Waals surface area contributed by atoms with Gasteiger partial charge in [-0.25, -0.2) is 9.78 Å². The maximum Gasteiger partial charge on any atom is 0.408 e. The molecule has 0 spiro atoms. The topological polar surface area (TPSA) is 96.3 Å². The molecule has 0 saturated heterocycles. The summed E-state index contributed by atoms with van der Waals surface area (Å²) >= 11 is 0. The Morgan fingerprint density at radius 2 is 1.77 bits per heavy atom. The lowest BCUT2D eigenvalue weighted by Gasteiger charge is -2.20. The van der Waals surface area contributed by atoms with Crippen LogP contribution in [0.5, 0.6) is 0 Å². The van der Waals surface area contributed by atoms with Gasteiger partial charge in [0.25, 0.3) is 0 Å². The number of nitrogens with one attached hydrogen (secondary N) is 1. The van der Waals surface area contributed by atoms with E-state index >= 15 is 0 Å². The molecule has 0 saturated carbocycles. The van der Waals surface area contributed by atoms with Gasteiger partial charge in [0.05, 0.1) is 24.2 Å². The highest BCUT2D eigenvalue weighted by Gasteiger charge is 2.22. The third kappa shape index (κ3) is 6.44. The van der Waals surface area contributed by atoms with Crippen LogP contribution in [0.4, 0.5) is 4.79 Å². The lowest BCUT2D eigenvalue weighted by molar-refractivity contribution is -0.306. The van der Waals surface area contributed by atoms with Gasteiger partial charge in [-0.15, -0.1) is 0 Å². The van der Waals surface area contributed by atoms with Gasteiger partial charge in [-0.2, -0.15) is 0 Å². The van der Waals surface area contributed by atoms with Crippen LogP contribution in [-0.2, 0) is 22.7 Å². The number of alkyl carbamates (subject to hydrolysis) is 1. The fourth-order valence-corrected chi connectivity index (χ4v) is 3.30. The third-order valence-corrected chi connectivity index (χ3v) is 4.84. The second kappa shape index (κ2) is 11.0. The van der Waals surface area contributed by atoms with Gasteiger partial charge < -0.3 is 24.5 Å². The van der Waals surface area contributed by atoms with E-state index in [2.05, 4.69) is 10.3 Å². The number of hydrogen-bond acceptors (Lipinski definition) is 5. The number of ether oxygens (including phenoxy) is 1. The van der Waals surface area contributed by atoms with Crippen LogP contribution in [0.1, 0.15) is 43.6 Å². The van der Waals surface area contributed by atoms with Crippen molar-refractivity contribution < 1.29 is 19.4 Å². The molecule has 1 unspecified atom stereocenters. The number of aromatic nitrogens is 2. The van der Waals surface area contributed by atoms with Crippen molar-refractivity contribution in [1.29, 1.82) is 0 Å². The number of benzene rings is 2. The van der Waals surface area contributed by atoms with Gasteiger partial charge in [0, 0.05) is 11.8 Å². The Bertz CT molecular complexity index is 987. The molecule has 1 heterocycles. The first kappa shape index (κ1) is 22.1. The summed E-state index contributed by atoms with van der Waals surface area (Å²) in [7, 11) is 0. The molecule has 162 valence electrons. The summed E-state index contributed by atoms with van der Waals surface area (Å²) in [5.41, 5.74) is 2.38. The van der Waals surface area contributed by atoms with Crippen LogP contribution in [0.3, 0.4) is 0 Å². The predicted octanol–water partition coefficient (Wildman–Crippen LogP) is 3.46. The summed E-state index contributed by atoms with van der Waals surface area (Å²) < 4.78 is 6.88. The molecule has 0 aliphatic rings. The van der Waals surface area contributed by atoms with E-state index in [0.717, 1.165) is 24.0 Å². The van der Waals surface area contributed by atoms with Crippen LogP contribution in [0.2, 0.25) is 0 Å². The van der Waals surface area contributed by atoms with Crippen molar-refractivity contribution in [3.63, 3.8) is 0 Å². The average molecular weight is 420 g/mol. The van der Waals surface area contributed by atoms with Crippen molar-refractivity contribution in [2.45, 2.75) is 45.4 Å². The van der Waals surface area contributed by atoms with Gasteiger partial charge in [0.2, 0.25) is 0 Å². The van der Waals surface area contributed by atoms with Gasteiger partial charge in [-0.05, 0) is 12.0 Å². The molecular formula is C24H26N3O4-. The van der Waals surface area contributed by atoms with Crippen molar-refractivity contribution in [1.82, 2.24) is 14.9 Å². The Kier molecular flexibility index (Phi) is 7.81. The van der Waals surface area contributed by atoms with Gasteiger partial charge in [0.1, 0.15) is 12.4 Å². The highest BCUT2D eigenvalue weighted by Crippen LogP contribution is 2.25.